The number of halogens is 1. The second-order valence-electron chi connectivity index (χ2n) is 2.49. The smallest absolute Gasteiger partial charge is 0.184 e. The topological polar surface area (TPSA) is 38.7 Å². The third kappa shape index (κ3) is 2.30. The van der Waals surface area contributed by atoms with Crippen LogP contribution in [0.3, 0.4) is 0 Å². The van der Waals surface area contributed by atoms with Gasteiger partial charge in [0.05, 0.1) is 12.0 Å². The Morgan fingerprint density at radius 3 is 3.09 bits per heavy atom. The molecule has 1 aliphatic heterocycles. The van der Waals surface area contributed by atoms with Gasteiger partial charge in [0.1, 0.15) is 6.10 Å². The van der Waals surface area contributed by atoms with E-state index in [0.29, 0.717) is 19.6 Å². The van der Waals surface area contributed by atoms with Crippen molar-refractivity contribution in [1.82, 2.24) is 0 Å². The van der Waals surface area contributed by atoms with E-state index in [2.05, 4.69) is 0 Å². The number of alkyl halides is 1. The molecule has 0 saturated carbocycles. The number of aliphatic hydroxyl groups excluding tert-OH is 1. The van der Waals surface area contributed by atoms with Crippen molar-refractivity contribution in [3.8, 4) is 0 Å². The molecule has 0 radical (unpaired) electrons. The molecule has 0 aromatic carbocycles. The standard InChI is InChI=1S/C7H13ClO3/c1-2-10-7-6(9)5(8)3-4-11-7/h5-7,9H,2-4H2,1H3/t5-,6+,7-/m0/s1. The van der Waals surface area contributed by atoms with E-state index in [1.807, 2.05) is 6.92 Å². The quantitative estimate of drug-likeness (QED) is 0.637. The predicted octanol–water partition coefficient (Wildman–Crippen LogP) is 0.738. The first-order chi connectivity index (χ1) is 5.25. The molecule has 0 bridgehead atoms. The molecular formula is C7H13ClO3. The van der Waals surface area contributed by atoms with Crippen LogP contribution in [0.25, 0.3) is 0 Å². The lowest BCUT2D eigenvalue weighted by Crippen LogP contribution is -2.43. The molecular weight excluding hydrogens is 168 g/mol. The maximum absolute atomic E-state index is 9.39. The Hall–Kier alpha value is 0.170. The van der Waals surface area contributed by atoms with Gasteiger partial charge in [0.2, 0.25) is 0 Å². The Kier molecular flexibility index (Phi) is 3.59. The van der Waals surface area contributed by atoms with E-state index in [1.165, 1.54) is 0 Å². The second kappa shape index (κ2) is 4.26. The van der Waals surface area contributed by atoms with Crippen LogP contribution in [-0.2, 0) is 9.47 Å². The van der Waals surface area contributed by atoms with Gasteiger partial charge >= 0.3 is 0 Å². The van der Waals surface area contributed by atoms with Gasteiger partial charge in [-0.05, 0) is 13.3 Å². The summed E-state index contributed by atoms with van der Waals surface area (Å²) in [4.78, 5) is 0. The minimum absolute atomic E-state index is 0.236. The molecule has 4 heteroatoms. The molecule has 1 saturated heterocycles. The van der Waals surface area contributed by atoms with E-state index >= 15 is 0 Å². The summed E-state index contributed by atoms with van der Waals surface area (Å²) < 4.78 is 10.3. The van der Waals surface area contributed by atoms with Crippen LogP contribution in [0.4, 0.5) is 0 Å². The second-order valence-corrected chi connectivity index (χ2v) is 3.05. The molecule has 3 atom stereocenters. The van der Waals surface area contributed by atoms with Crippen molar-refractivity contribution in [1.29, 1.82) is 0 Å². The Morgan fingerprint density at radius 2 is 2.45 bits per heavy atom. The van der Waals surface area contributed by atoms with Crippen molar-refractivity contribution in [2.75, 3.05) is 13.2 Å². The molecule has 1 N–H and O–H groups in total. The van der Waals surface area contributed by atoms with Gasteiger partial charge in [-0.3, -0.25) is 0 Å². The molecule has 1 rings (SSSR count). The third-order valence-electron chi connectivity index (χ3n) is 1.66. The summed E-state index contributed by atoms with van der Waals surface area (Å²) >= 11 is 5.79. The zero-order valence-electron chi connectivity index (χ0n) is 6.50. The molecule has 11 heavy (non-hydrogen) atoms. The van der Waals surface area contributed by atoms with Crippen molar-refractivity contribution in [3.63, 3.8) is 0 Å². The minimum atomic E-state index is -0.689. The van der Waals surface area contributed by atoms with Gasteiger partial charge in [-0.25, -0.2) is 0 Å². The van der Waals surface area contributed by atoms with Crippen LogP contribution in [0, 0.1) is 0 Å². The molecule has 0 spiro atoms. The highest BCUT2D eigenvalue weighted by molar-refractivity contribution is 6.21. The molecule has 0 aromatic rings. The zero-order valence-corrected chi connectivity index (χ0v) is 7.25. The average molecular weight is 181 g/mol. The van der Waals surface area contributed by atoms with Gasteiger partial charge in [-0.1, -0.05) is 0 Å². The van der Waals surface area contributed by atoms with Crippen molar-refractivity contribution in [2.24, 2.45) is 0 Å². The molecule has 0 aliphatic carbocycles. The normalized spacial score (nSPS) is 39.0. The van der Waals surface area contributed by atoms with Crippen molar-refractivity contribution in [3.05, 3.63) is 0 Å². The summed E-state index contributed by atoms with van der Waals surface area (Å²) in [6.45, 7) is 2.95. The van der Waals surface area contributed by atoms with Crippen molar-refractivity contribution < 1.29 is 14.6 Å². The van der Waals surface area contributed by atoms with Crippen LogP contribution in [0.2, 0.25) is 0 Å². The molecule has 1 fully saturated rings. The van der Waals surface area contributed by atoms with Gasteiger partial charge in [-0.15, -0.1) is 11.6 Å². The van der Waals surface area contributed by atoms with Gasteiger partial charge in [0, 0.05) is 6.61 Å². The van der Waals surface area contributed by atoms with Crippen LogP contribution in [-0.4, -0.2) is 36.1 Å². The van der Waals surface area contributed by atoms with Crippen molar-refractivity contribution >= 4 is 11.6 Å². The number of aliphatic hydroxyl groups is 1. The number of ether oxygens (including phenoxy) is 2. The maximum Gasteiger partial charge on any atom is 0.184 e. The monoisotopic (exact) mass is 180 g/mol. The summed E-state index contributed by atoms with van der Waals surface area (Å²) in [5.74, 6) is 0. The number of hydrogen-bond acceptors (Lipinski definition) is 3. The van der Waals surface area contributed by atoms with E-state index in [0.717, 1.165) is 0 Å². The summed E-state index contributed by atoms with van der Waals surface area (Å²) in [5.41, 5.74) is 0. The number of rotatable bonds is 2. The predicted molar refractivity (Wildman–Crippen MR) is 41.6 cm³/mol. The maximum atomic E-state index is 9.39. The Morgan fingerprint density at radius 1 is 1.73 bits per heavy atom. The zero-order chi connectivity index (χ0) is 8.27. The van der Waals surface area contributed by atoms with Gasteiger partial charge in [0.15, 0.2) is 6.29 Å². The van der Waals surface area contributed by atoms with Crippen LogP contribution in [0.1, 0.15) is 13.3 Å². The van der Waals surface area contributed by atoms with E-state index in [-0.39, 0.29) is 5.38 Å². The highest BCUT2D eigenvalue weighted by Crippen LogP contribution is 2.20. The Bertz CT molecular complexity index is 118. The molecule has 0 amide bonds. The summed E-state index contributed by atoms with van der Waals surface area (Å²) in [6.07, 6.45) is -0.534. The third-order valence-corrected chi connectivity index (χ3v) is 2.13. The first-order valence-corrected chi connectivity index (χ1v) is 4.24. The highest BCUT2D eigenvalue weighted by Gasteiger charge is 2.31. The minimum Gasteiger partial charge on any atom is -0.386 e. The van der Waals surface area contributed by atoms with Crippen LogP contribution >= 0.6 is 11.6 Å². The molecule has 1 aliphatic rings. The van der Waals surface area contributed by atoms with Crippen molar-refractivity contribution in [2.45, 2.75) is 31.1 Å². The van der Waals surface area contributed by atoms with Crippen LogP contribution < -0.4 is 0 Å². The lowest BCUT2D eigenvalue weighted by molar-refractivity contribution is -0.210. The van der Waals surface area contributed by atoms with Crippen LogP contribution in [0.5, 0.6) is 0 Å². The molecule has 0 unspecified atom stereocenters. The Balaban J connectivity index is 2.38. The van der Waals surface area contributed by atoms with Gasteiger partial charge in [0.25, 0.3) is 0 Å². The fourth-order valence-electron chi connectivity index (χ4n) is 1.05. The van der Waals surface area contributed by atoms with E-state index in [9.17, 15) is 5.11 Å². The first-order valence-electron chi connectivity index (χ1n) is 3.81. The Labute approximate surface area is 71.2 Å². The highest BCUT2D eigenvalue weighted by atomic mass is 35.5. The van der Waals surface area contributed by atoms with Crippen LogP contribution in [0.15, 0.2) is 0 Å². The largest absolute Gasteiger partial charge is 0.386 e. The van der Waals surface area contributed by atoms with Gasteiger partial charge in [-0.2, -0.15) is 0 Å². The van der Waals surface area contributed by atoms with E-state index < -0.39 is 12.4 Å². The fraction of sp³-hybridized carbons (Fsp3) is 1.00. The summed E-state index contributed by atoms with van der Waals surface area (Å²) in [6, 6.07) is 0. The molecule has 0 aromatic heterocycles. The molecule has 3 nitrogen and oxygen atoms in total. The molecule has 66 valence electrons. The first kappa shape index (κ1) is 9.26. The lowest BCUT2D eigenvalue weighted by Gasteiger charge is -2.30. The average Bonchev–Trinajstić information content (AvgIpc) is 1.99. The SMILES string of the molecule is CCO[C@H]1OCC[C@H](Cl)[C@H]1O. The van der Waals surface area contributed by atoms with E-state index in [4.69, 9.17) is 21.1 Å². The fourth-order valence-corrected chi connectivity index (χ4v) is 1.26. The number of hydrogen-bond donors (Lipinski definition) is 1. The lowest BCUT2D eigenvalue weighted by atomic mass is 10.1. The van der Waals surface area contributed by atoms with E-state index in [1.54, 1.807) is 0 Å². The summed E-state index contributed by atoms with van der Waals surface area (Å²) in [5, 5.41) is 9.15. The molecule has 1 heterocycles. The summed E-state index contributed by atoms with van der Waals surface area (Å²) in [7, 11) is 0. The van der Waals surface area contributed by atoms with Gasteiger partial charge < -0.3 is 14.6 Å².